The van der Waals surface area contributed by atoms with Crippen LogP contribution in [-0.2, 0) is 0 Å². The Balaban J connectivity index is 1.82. The van der Waals surface area contributed by atoms with Crippen LogP contribution < -0.4 is 15.2 Å². The lowest BCUT2D eigenvalue weighted by molar-refractivity contribution is 0.169. The van der Waals surface area contributed by atoms with E-state index in [1.807, 2.05) is 12.1 Å². The first-order valence-corrected chi connectivity index (χ1v) is 7.97. The van der Waals surface area contributed by atoms with Gasteiger partial charge in [-0.3, -0.25) is 0 Å². The van der Waals surface area contributed by atoms with Crippen molar-refractivity contribution in [3.8, 4) is 11.5 Å². The van der Waals surface area contributed by atoms with E-state index in [4.69, 9.17) is 15.2 Å². The van der Waals surface area contributed by atoms with Crippen molar-refractivity contribution in [2.45, 2.75) is 57.9 Å². The van der Waals surface area contributed by atoms with Crippen LogP contribution in [0, 0.1) is 0 Å². The van der Waals surface area contributed by atoms with Crippen molar-refractivity contribution in [1.82, 2.24) is 0 Å². The molecule has 1 aliphatic rings. The van der Waals surface area contributed by atoms with Crippen LogP contribution in [0.15, 0.2) is 18.2 Å². The minimum absolute atomic E-state index is 0.0535. The molecule has 0 amide bonds. The fraction of sp³-hybridized carbons (Fsp3) is 0.647. The molecule has 1 aromatic rings. The summed E-state index contributed by atoms with van der Waals surface area (Å²) in [5.41, 5.74) is 7.42. The maximum atomic E-state index is 6.32. The maximum Gasteiger partial charge on any atom is 0.166 e. The van der Waals surface area contributed by atoms with Crippen molar-refractivity contribution in [3.63, 3.8) is 0 Å². The van der Waals surface area contributed by atoms with Gasteiger partial charge in [0, 0.05) is 11.6 Å². The molecule has 112 valence electrons. The van der Waals surface area contributed by atoms with Gasteiger partial charge in [0.15, 0.2) is 11.5 Å². The topological polar surface area (TPSA) is 44.5 Å². The summed E-state index contributed by atoms with van der Waals surface area (Å²) in [4.78, 5) is 0. The van der Waals surface area contributed by atoms with Gasteiger partial charge in [-0.05, 0) is 12.5 Å². The molecule has 1 aromatic carbocycles. The van der Waals surface area contributed by atoms with Crippen LogP contribution in [0.1, 0.15) is 63.5 Å². The molecule has 3 heteroatoms. The first kappa shape index (κ1) is 15.2. The standard InChI is InChI=1S/C17H27NO2/c1-2-3-4-5-6-7-10-15(18)14-9-8-11-16-17(14)20-13-12-19-16/h8-9,11,15H,2-7,10,12-13,18H2,1H3. The summed E-state index contributed by atoms with van der Waals surface area (Å²) in [5.74, 6) is 1.70. The van der Waals surface area contributed by atoms with E-state index in [1.165, 1.54) is 38.5 Å². The molecule has 1 unspecified atom stereocenters. The van der Waals surface area contributed by atoms with Crippen LogP contribution in [-0.4, -0.2) is 13.2 Å². The normalized spacial score (nSPS) is 15.1. The lowest BCUT2D eigenvalue weighted by atomic mass is 9.99. The third-order valence-corrected chi connectivity index (χ3v) is 3.86. The predicted molar refractivity (Wildman–Crippen MR) is 82.4 cm³/mol. The molecule has 0 saturated carbocycles. The fourth-order valence-electron chi connectivity index (χ4n) is 2.69. The van der Waals surface area contributed by atoms with E-state index in [0.29, 0.717) is 13.2 Å². The molecule has 0 fully saturated rings. The Hall–Kier alpha value is -1.22. The van der Waals surface area contributed by atoms with Gasteiger partial charge in [-0.2, -0.15) is 0 Å². The highest BCUT2D eigenvalue weighted by molar-refractivity contribution is 5.48. The monoisotopic (exact) mass is 277 g/mol. The van der Waals surface area contributed by atoms with Crippen LogP contribution in [0.5, 0.6) is 11.5 Å². The molecule has 0 spiro atoms. The number of fused-ring (bicyclic) bond motifs is 1. The number of para-hydroxylation sites is 1. The Morgan fingerprint density at radius 2 is 1.80 bits per heavy atom. The van der Waals surface area contributed by atoms with Crippen LogP contribution in [0.25, 0.3) is 0 Å². The Bertz CT molecular complexity index is 406. The minimum atomic E-state index is 0.0535. The second-order valence-electron chi connectivity index (χ2n) is 5.53. The molecule has 20 heavy (non-hydrogen) atoms. The second kappa shape index (κ2) is 8.15. The van der Waals surface area contributed by atoms with Crippen LogP contribution >= 0.6 is 0 Å². The highest BCUT2D eigenvalue weighted by Crippen LogP contribution is 2.37. The number of ether oxygens (including phenoxy) is 2. The molecule has 0 aliphatic carbocycles. The molecule has 1 aliphatic heterocycles. The molecule has 2 N–H and O–H groups in total. The smallest absolute Gasteiger partial charge is 0.166 e. The van der Waals surface area contributed by atoms with Gasteiger partial charge in [0.05, 0.1) is 0 Å². The zero-order valence-corrected chi connectivity index (χ0v) is 12.6. The van der Waals surface area contributed by atoms with Gasteiger partial charge in [-0.1, -0.05) is 57.6 Å². The number of hydrogen-bond donors (Lipinski definition) is 1. The Morgan fingerprint density at radius 1 is 1.05 bits per heavy atom. The van der Waals surface area contributed by atoms with Gasteiger partial charge >= 0.3 is 0 Å². The van der Waals surface area contributed by atoms with Crippen LogP contribution in [0.2, 0.25) is 0 Å². The zero-order chi connectivity index (χ0) is 14.2. The van der Waals surface area contributed by atoms with Crippen molar-refractivity contribution in [2.75, 3.05) is 13.2 Å². The van der Waals surface area contributed by atoms with E-state index in [1.54, 1.807) is 0 Å². The van der Waals surface area contributed by atoms with E-state index in [9.17, 15) is 0 Å². The summed E-state index contributed by atoms with van der Waals surface area (Å²) in [6, 6.07) is 6.08. The summed E-state index contributed by atoms with van der Waals surface area (Å²) >= 11 is 0. The van der Waals surface area contributed by atoms with Gasteiger partial charge in [0.1, 0.15) is 13.2 Å². The van der Waals surface area contributed by atoms with E-state index in [2.05, 4.69) is 13.0 Å². The Kier molecular flexibility index (Phi) is 6.19. The molecular weight excluding hydrogens is 250 g/mol. The molecule has 2 rings (SSSR count). The Labute approximate surface area is 122 Å². The molecule has 3 nitrogen and oxygen atoms in total. The van der Waals surface area contributed by atoms with Crippen molar-refractivity contribution < 1.29 is 9.47 Å². The SMILES string of the molecule is CCCCCCCCC(N)c1cccc2c1OCCO2. The van der Waals surface area contributed by atoms with Crippen molar-refractivity contribution in [1.29, 1.82) is 0 Å². The zero-order valence-electron chi connectivity index (χ0n) is 12.6. The lowest BCUT2D eigenvalue weighted by Gasteiger charge is -2.23. The summed E-state index contributed by atoms with van der Waals surface area (Å²) in [6.07, 6.45) is 8.81. The van der Waals surface area contributed by atoms with Gasteiger partial charge in [0.2, 0.25) is 0 Å². The number of benzene rings is 1. The average molecular weight is 277 g/mol. The van der Waals surface area contributed by atoms with E-state index < -0.39 is 0 Å². The number of rotatable bonds is 8. The maximum absolute atomic E-state index is 6.32. The van der Waals surface area contributed by atoms with Crippen LogP contribution in [0.4, 0.5) is 0 Å². The predicted octanol–water partition coefficient (Wildman–Crippen LogP) is 4.21. The lowest BCUT2D eigenvalue weighted by Crippen LogP contribution is -2.19. The van der Waals surface area contributed by atoms with Crippen molar-refractivity contribution >= 4 is 0 Å². The third-order valence-electron chi connectivity index (χ3n) is 3.86. The van der Waals surface area contributed by atoms with Crippen LogP contribution in [0.3, 0.4) is 0 Å². The second-order valence-corrected chi connectivity index (χ2v) is 5.53. The first-order valence-electron chi connectivity index (χ1n) is 7.97. The highest BCUT2D eigenvalue weighted by atomic mass is 16.6. The largest absolute Gasteiger partial charge is 0.486 e. The average Bonchev–Trinajstić information content (AvgIpc) is 2.50. The fourth-order valence-corrected chi connectivity index (χ4v) is 2.69. The van der Waals surface area contributed by atoms with Gasteiger partial charge < -0.3 is 15.2 Å². The molecular formula is C17H27NO2. The van der Waals surface area contributed by atoms with E-state index >= 15 is 0 Å². The summed E-state index contributed by atoms with van der Waals surface area (Å²) in [6.45, 7) is 3.49. The quantitative estimate of drug-likeness (QED) is 0.724. The van der Waals surface area contributed by atoms with E-state index in [-0.39, 0.29) is 6.04 Å². The van der Waals surface area contributed by atoms with Gasteiger partial charge in [-0.25, -0.2) is 0 Å². The Morgan fingerprint density at radius 3 is 2.65 bits per heavy atom. The highest BCUT2D eigenvalue weighted by Gasteiger charge is 2.19. The first-order chi connectivity index (χ1) is 9.83. The van der Waals surface area contributed by atoms with Crippen molar-refractivity contribution in [2.24, 2.45) is 5.73 Å². The third kappa shape index (κ3) is 4.14. The van der Waals surface area contributed by atoms with E-state index in [0.717, 1.165) is 23.5 Å². The van der Waals surface area contributed by atoms with Gasteiger partial charge in [0.25, 0.3) is 0 Å². The number of nitrogens with two attached hydrogens (primary N) is 1. The molecule has 1 heterocycles. The molecule has 0 bridgehead atoms. The number of hydrogen-bond acceptors (Lipinski definition) is 3. The van der Waals surface area contributed by atoms with Gasteiger partial charge in [-0.15, -0.1) is 0 Å². The molecule has 0 radical (unpaired) electrons. The summed E-state index contributed by atoms with van der Waals surface area (Å²) < 4.78 is 11.3. The van der Waals surface area contributed by atoms with Crippen molar-refractivity contribution in [3.05, 3.63) is 23.8 Å². The molecule has 1 atom stereocenters. The molecule has 0 aromatic heterocycles. The summed E-state index contributed by atoms with van der Waals surface area (Å²) in [7, 11) is 0. The minimum Gasteiger partial charge on any atom is -0.486 e. The molecule has 0 saturated heterocycles. The summed E-state index contributed by atoms with van der Waals surface area (Å²) in [5, 5.41) is 0. The number of unbranched alkanes of at least 4 members (excludes halogenated alkanes) is 5.